The molecule has 2 aromatic carbocycles. The molecule has 0 spiro atoms. The average molecular weight is 326 g/mol. The van der Waals surface area contributed by atoms with Gasteiger partial charge < -0.3 is 10.9 Å². The molecule has 0 N–H and O–H groups in total. The maximum atomic E-state index is 5.59. The first-order valence-electron chi connectivity index (χ1n) is 7.45. The van der Waals surface area contributed by atoms with Gasteiger partial charge in [0.1, 0.15) is 11.5 Å². The molecule has 2 rings (SSSR count). The summed E-state index contributed by atoms with van der Waals surface area (Å²) in [6, 6.07) is 16.5. The quantitative estimate of drug-likeness (QED) is 0.695. The standard InChI is InChI=1S/C18H22O2S.Na.H/c1-3-13-19-15-5-9-17(10-6-15)21-18-11-7-16(8-12-18)20-14-4-2;;/h5-12H,3-4,13-14H2,1-2H3;;/q;+1;-1. The van der Waals surface area contributed by atoms with Crippen molar-refractivity contribution in [2.45, 2.75) is 36.5 Å². The molecule has 0 saturated carbocycles. The van der Waals surface area contributed by atoms with E-state index in [4.69, 9.17) is 9.47 Å². The van der Waals surface area contributed by atoms with E-state index in [1.807, 2.05) is 24.3 Å². The molecule has 0 bridgehead atoms. The molecule has 0 fully saturated rings. The summed E-state index contributed by atoms with van der Waals surface area (Å²) in [7, 11) is 0. The third-order valence-corrected chi connectivity index (χ3v) is 3.84. The Morgan fingerprint density at radius 2 is 1.09 bits per heavy atom. The van der Waals surface area contributed by atoms with Crippen LogP contribution in [0.2, 0.25) is 0 Å². The summed E-state index contributed by atoms with van der Waals surface area (Å²) < 4.78 is 11.2. The summed E-state index contributed by atoms with van der Waals surface area (Å²) >= 11 is 1.74. The molecule has 4 heteroatoms. The van der Waals surface area contributed by atoms with Gasteiger partial charge in [-0.1, -0.05) is 25.6 Å². The predicted octanol–water partition coefficient (Wildman–Crippen LogP) is 2.53. The van der Waals surface area contributed by atoms with Gasteiger partial charge in [0.15, 0.2) is 0 Å². The molecule has 0 saturated heterocycles. The van der Waals surface area contributed by atoms with Gasteiger partial charge in [0.05, 0.1) is 13.2 Å². The fraction of sp³-hybridized carbons (Fsp3) is 0.333. The van der Waals surface area contributed by atoms with Gasteiger partial charge in [-0.05, 0) is 61.4 Å². The van der Waals surface area contributed by atoms with Crippen LogP contribution >= 0.6 is 11.8 Å². The summed E-state index contributed by atoms with van der Waals surface area (Å²) in [5, 5.41) is 0. The zero-order valence-corrected chi connectivity index (χ0v) is 16.5. The van der Waals surface area contributed by atoms with Crippen LogP contribution in [0.4, 0.5) is 0 Å². The molecule has 22 heavy (non-hydrogen) atoms. The fourth-order valence-electron chi connectivity index (χ4n) is 1.78. The minimum absolute atomic E-state index is 0. The van der Waals surface area contributed by atoms with Crippen LogP contribution in [0.1, 0.15) is 28.1 Å². The maximum absolute atomic E-state index is 5.59. The summed E-state index contributed by atoms with van der Waals surface area (Å²) in [5.74, 6) is 1.87. The normalized spacial score (nSPS) is 9.91. The Labute approximate surface area is 161 Å². The van der Waals surface area contributed by atoms with E-state index in [9.17, 15) is 0 Å². The molecule has 0 aliphatic rings. The van der Waals surface area contributed by atoms with E-state index in [1.165, 1.54) is 9.79 Å². The first-order valence-corrected chi connectivity index (χ1v) is 8.27. The van der Waals surface area contributed by atoms with Crippen molar-refractivity contribution in [3.05, 3.63) is 48.5 Å². The van der Waals surface area contributed by atoms with E-state index in [-0.39, 0.29) is 31.0 Å². The van der Waals surface area contributed by atoms with Crippen LogP contribution in [-0.2, 0) is 0 Å². The van der Waals surface area contributed by atoms with Crippen molar-refractivity contribution in [3.63, 3.8) is 0 Å². The van der Waals surface area contributed by atoms with Crippen molar-refractivity contribution >= 4 is 11.8 Å². The molecule has 0 amide bonds. The molecule has 0 heterocycles. The second-order valence-corrected chi connectivity index (χ2v) is 5.89. The Morgan fingerprint density at radius 1 is 0.727 bits per heavy atom. The van der Waals surface area contributed by atoms with Gasteiger partial charge in [-0.15, -0.1) is 0 Å². The smallest absolute Gasteiger partial charge is 1.00 e. The summed E-state index contributed by atoms with van der Waals surface area (Å²) in [4.78, 5) is 2.42. The van der Waals surface area contributed by atoms with Gasteiger partial charge in [0.25, 0.3) is 0 Å². The number of ether oxygens (including phenoxy) is 2. The van der Waals surface area contributed by atoms with Gasteiger partial charge in [0, 0.05) is 9.79 Å². The van der Waals surface area contributed by atoms with Gasteiger partial charge in [-0.25, -0.2) is 0 Å². The topological polar surface area (TPSA) is 18.5 Å². The molecular weight excluding hydrogens is 303 g/mol. The van der Waals surface area contributed by atoms with Crippen LogP contribution in [0.25, 0.3) is 0 Å². The van der Waals surface area contributed by atoms with Crippen molar-refractivity contribution in [2.24, 2.45) is 0 Å². The number of rotatable bonds is 8. The molecular formula is C18H23NaO2S. The van der Waals surface area contributed by atoms with Crippen molar-refractivity contribution < 1.29 is 40.5 Å². The van der Waals surface area contributed by atoms with E-state index in [1.54, 1.807) is 11.8 Å². The Kier molecular flexibility index (Phi) is 9.73. The molecule has 0 unspecified atom stereocenters. The second-order valence-electron chi connectivity index (χ2n) is 4.74. The first-order chi connectivity index (χ1) is 10.3. The van der Waals surface area contributed by atoms with Gasteiger partial charge in [0.2, 0.25) is 0 Å². The zero-order chi connectivity index (χ0) is 14.9. The number of hydrogen-bond acceptors (Lipinski definition) is 3. The minimum atomic E-state index is 0. The van der Waals surface area contributed by atoms with Crippen LogP contribution in [-0.4, -0.2) is 13.2 Å². The van der Waals surface area contributed by atoms with Crippen LogP contribution in [0.15, 0.2) is 58.3 Å². The Balaban J connectivity index is 0.00000242. The summed E-state index contributed by atoms with van der Waals surface area (Å²) in [6.45, 7) is 5.76. The van der Waals surface area contributed by atoms with Crippen molar-refractivity contribution in [1.29, 1.82) is 0 Å². The van der Waals surface area contributed by atoms with Crippen LogP contribution < -0.4 is 39.0 Å². The Bertz CT molecular complexity index is 482. The number of hydrogen-bond donors (Lipinski definition) is 0. The van der Waals surface area contributed by atoms with Crippen molar-refractivity contribution in [2.75, 3.05) is 13.2 Å². The zero-order valence-electron chi connectivity index (χ0n) is 14.7. The molecule has 0 atom stereocenters. The molecule has 0 radical (unpaired) electrons. The summed E-state index contributed by atoms with van der Waals surface area (Å²) in [5.41, 5.74) is 0. The SMILES string of the molecule is CCCOc1ccc(Sc2ccc(OCCC)cc2)cc1.[H-].[Na+]. The van der Waals surface area contributed by atoms with Gasteiger partial charge >= 0.3 is 29.6 Å². The Hall–Kier alpha value is -0.610. The monoisotopic (exact) mass is 326 g/mol. The fourth-order valence-corrected chi connectivity index (χ4v) is 2.60. The molecule has 0 aliphatic heterocycles. The van der Waals surface area contributed by atoms with E-state index in [0.717, 1.165) is 37.6 Å². The van der Waals surface area contributed by atoms with Crippen molar-refractivity contribution in [1.82, 2.24) is 0 Å². The van der Waals surface area contributed by atoms with Gasteiger partial charge in [-0.3, -0.25) is 0 Å². The Morgan fingerprint density at radius 3 is 1.41 bits per heavy atom. The molecule has 2 nitrogen and oxygen atoms in total. The van der Waals surface area contributed by atoms with E-state index < -0.39 is 0 Å². The molecule has 114 valence electrons. The van der Waals surface area contributed by atoms with Crippen molar-refractivity contribution in [3.8, 4) is 11.5 Å². The third kappa shape index (κ3) is 6.66. The van der Waals surface area contributed by atoms with Gasteiger partial charge in [-0.2, -0.15) is 0 Å². The minimum Gasteiger partial charge on any atom is -1.00 e. The van der Waals surface area contributed by atoms with Crippen LogP contribution in [0.3, 0.4) is 0 Å². The van der Waals surface area contributed by atoms with E-state index >= 15 is 0 Å². The number of benzene rings is 2. The maximum Gasteiger partial charge on any atom is 1.00 e. The second kappa shape index (κ2) is 11.0. The third-order valence-electron chi connectivity index (χ3n) is 2.83. The molecule has 0 aromatic heterocycles. The average Bonchev–Trinajstić information content (AvgIpc) is 2.53. The summed E-state index contributed by atoms with van der Waals surface area (Å²) in [6.07, 6.45) is 2.06. The molecule has 2 aromatic rings. The van der Waals surface area contributed by atoms with E-state index in [0.29, 0.717) is 0 Å². The van der Waals surface area contributed by atoms with E-state index in [2.05, 4.69) is 38.1 Å². The van der Waals surface area contributed by atoms with Crippen LogP contribution in [0, 0.1) is 0 Å². The largest absolute Gasteiger partial charge is 1.00 e. The first kappa shape index (κ1) is 19.4. The molecule has 0 aliphatic carbocycles. The predicted molar refractivity (Wildman–Crippen MR) is 89.7 cm³/mol. The van der Waals surface area contributed by atoms with Crippen LogP contribution in [0.5, 0.6) is 11.5 Å².